The summed E-state index contributed by atoms with van der Waals surface area (Å²) in [5, 5.41) is 9.33. The minimum absolute atomic E-state index is 0.00810. The summed E-state index contributed by atoms with van der Waals surface area (Å²) in [6.07, 6.45) is 0.765. The van der Waals surface area contributed by atoms with E-state index in [2.05, 4.69) is 13.8 Å². The normalized spacial score (nSPS) is 37.3. The topological polar surface area (TPSA) is 37.3 Å². The van der Waals surface area contributed by atoms with Crippen molar-refractivity contribution in [3.63, 3.8) is 0 Å². The van der Waals surface area contributed by atoms with Crippen LogP contribution in [0.2, 0.25) is 0 Å². The fourth-order valence-corrected chi connectivity index (χ4v) is 1.95. The molecule has 1 N–H and O–H groups in total. The highest BCUT2D eigenvalue weighted by molar-refractivity contribution is 5.84. The van der Waals surface area contributed by atoms with E-state index in [1.807, 2.05) is 6.92 Å². The number of hydrogen-bond donors (Lipinski definition) is 1. The molecule has 0 aromatic heterocycles. The van der Waals surface area contributed by atoms with Crippen LogP contribution in [-0.4, -0.2) is 17.0 Å². The lowest BCUT2D eigenvalue weighted by molar-refractivity contribution is -0.136. The largest absolute Gasteiger partial charge is 0.385 e. The van der Waals surface area contributed by atoms with Crippen molar-refractivity contribution in [2.75, 3.05) is 0 Å². The minimum Gasteiger partial charge on any atom is -0.385 e. The van der Waals surface area contributed by atoms with Crippen LogP contribution in [0.1, 0.15) is 33.6 Å². The van der Waals surface area contributed by atoms with E-state index in [0.717, 1.165) is 6.42 Å². The second kappa shape index (κ2) is 2.59. The van der Waals surface area contributed by atoms with Crippen molar-refractivity contribution < 1.29 is 9.90 Å². The van der Waals surface area contributed by atoms with E-state index in [-0.39, 0.29) is 17.1 Å². The van der Waals surface area contributed by atoms with Gasteiger partial charge in [0.2, 0.25) is 0 Å². The SMILES string of the molecule is C[C@@H]1CC(C)(C)CC(=O)[C@H]1O. The van der Waals surface area contributed by atoms with Gasteiger partial charge in [-0.05, 0) is 17.8 Å². The van der Waals surface area contributed by atoms with Crippen molar-refractivity contribution in [2.45, 2.75) is 39.7 Å². The van der Waals surface area contributed by atoms with Gasteiger partial charge in [0.25, 0.3) is 0 Å². The Morgan fingerprint density at radius 2 is 2.09 bits per heavy atom. The first-order valence-electron chi connectivity index (χ1n) is 4.13. The lowest BCUT2D eigenvalue weighted by atomic mass is 9.71. The first kappa shape index (κ1) is 8.72. The van der Waals surface area contributed by atoms with E-state index in [0.29, 0.717) is 6.42 Å². The van der Waals surface area contributed by atoms with E-state index in [1.165, 1.54) is 0 Å². The maximum absolute atomic E-state index is 11.2. The molecule has 0 amide bonds. The Kier molecular flexibility index (Phi) is 2.06. The molecule has 0 radical (unpaired) electrons. The molecule has 11 heavy (non-hydrogen) atoms. The molecule has 1 rings (SSSR count). The van der Waals surface area contributed by atoms with Gasteiger partial charge in [-0.3, -0.25) is 4.79 Å². The molecule has 0 aromatic rings. The van der Waals surface area contributed by atoms with Crippen LogP contribution in [-0.2, 0) is 4.79 Å². The van der Waals surface area contributed by atoms with Crippen molar-refractivity contribution in [3.8, 4) is 0 Å². The summed E-state index contributed by atoms with van der Waals surface area (Å²) in [5.41, 5.74) is 0.0930. The summed E-state index contributed by atoms with van der Waals surface area (Å²) in [6.45, 7) is 6.09. The molecule has 0 aliphatic heterocycles. The van der Waals surface area contributed by atoms with Crippen molar-refractivity contribution in [2.24, 2.45) is 11.3 Å². The number of carbonyl (C=O) groups is 1. The Bertz CT molecular complexity index is 172. The summed E-state index contributed by atoms with van der Waals surface area (Å²) < 4.78 is 0. The predicted molar refractivity (Wildman–Crippen MR) is 43.2 cm³/mol. The van der Waals surface area contributed by atoms with Crippen LogP contribution >= 0.6 is 0 Å². The maximum Gasteiger partial charge on any atom is 0.162 e. The first-order valence-corrected chi connectivity index (χ1v) is 4.13. The second-order valence-corrected chi connectivity index (χ2v) is 4.43. The van der Waals surface area contributed by atoms with Crippen molar-refractivity contribution >= 4 is 5.78 Å². The van der Waals surface area contributed by atoms with Crippen molar-refractivity contribution in [1.29, 1.82) is 0 Å². The molecule has 64 valence electrons. The molecule has 1 fully saturated rings. The zero-order valence-electron chi connectivity index (χ0n) is 7.42. The monoisotopic (exact) mass is 156 g/mol. The van der Waals surface area contributed by atoms with Gasteiger partial charge in [0.15, 0.2) is 5.78 Å². The molecular formula is C9H16O2. The number of ketones is 1. The number of carbonyl (C=O) groups excluding carboxylic acids is 1. The summed E-state index contributed by atoms with van der Waals surface area (Å²) in [7, 11) is 0. The van der Waals surface area contributed by atoms with Gasteiger partial charge >= 0.3 is 0 Å². The number of rotatable bonds is 0. The molecule has 0 saturated heterocycles. The minimum atomic E-state index is -0.706. The molecule has 0 unspecified atom stereocenters. The fourth-order valence-electron chi connectivity index (χ4n) is 1.95. The molecule has 1 aliphatic rings. The van der Waals surface area contributed by atoms with E-state index < -0.39 is 6.10 Å². The molecule has 0 spiro atoms. The zero-order valence-corrected chi connectivity index (χ0v) is 7.42. The van der Waals surface area contributed by atoms with Gasteiger partial charge in [0.1, 0.15) is 6.10 Å². The molecular weight excluding hydrogens is 140 g/mol. The number of aliphatic hydroxyl groups excluding tert-OH is 1. The average molecular weight is 156 g/mol. The molecule has 1 aliphatic carbocycles. The smallest absolute Gasteiger partial charge is 0.162 e. The number of aliphatic hydroxyl groups is 1. The average Bonchev–Trinajstić information content (AvgIpc) is 1.81. The highest BCUT2D eigenvalue weighted by Crippen LogP contribution is 2.36. The number of Topliss-reactive ketones (excluding diaryl/α,β-unsaturated/α-hetero) is 1. The van der Waals surface area contributed by atoms with Crippen LogP contribution in [0.3, 0.4) is 0 Å². The molecule has 2 heteroatoms. The molecule has 0 aromatic carbocycles. The van der Waals surface area contributed by atoms with Gasteiger partial charge in [-0.1, -0.05) is 20.8 Å². The lowest BCUT2D eigenvalue weighted by Crippen LogP contribution is -2.39. The summed E-state index contributed by atoms with van der Waals surface area (Å²) in [4.78, 5) is 11.2. The third-order valence-corrected chi connectivity index (χ3v) is 2.40. The molecule has 0 bridgehead atoms. The molecule has 1 saturated carbocycles. The van der Waals surface area contributed by atoms with E-state index >= 15 is 0 Å². The standard InChI is InChI=1S/C9H16O2/c1-6-4-9(2,3)5-7(10)8(6)11/h6,8,11H,4-5H2,1-3H3/t6-,8+/m1/s1. The van der Waals surface area contributed by atoms with E-state index in [9.17, 15) is 9.90 Å². The first-order chi connectivity index (χ1) is 4.92. The van der Waals surface area contributed by atoms with Gasteiger partial charge in [-0.15, -0.1) is 0 Å². The Labute approximate surface area is 67.6 Å². The third kappa shape index (κ3) is 1.80. The van der Waals surface area contributed by atoms with E-state index in [1.54, 1.807) is 0 Å². The Balaban J connectivity index is 2.70. The van der Waals surface area contributed by atoms with Crippen LogP contribution in [0, 0.1) is 11.3 Å². The van der Waals surface area contributed by atoms with Gasteiger partial charge < -0.3 is 5.11 Å². The van der Waals surface area contributed by atoms with Crippen LogP contribution < -0.4 is 0 Å². The Morgan fingerprint density at radius 1 is 1.55 bits per heavy atom. The van der Waals surface area contributed by atoms with Crippen molar-refractivity contribution in [3.05, 3.63) is 0 Å². The quantitative estimate of drug-likeness (QED) is 0.575. The van der Waals surface area contributed by atoms with Crippen LogP contribution in [0.4, 0.5) is 0 Å². The summed E-state index contributed by atoms with van der Waals surface area (Å²) >= 11 is 0. The van der Waals surface area contributed by atoms with Gasteiger partial charge in [-0.25, -0.2) is 0 Å². The summed E-state index contributed by atoms with van der Waals surface area (Å²) in [6, 6.07) is 0. The van der Waals surface area contributed by atoms with Gasteiger partial charge in [0.05, 0.1) is 0 Å². The Morgan fingerprint density at radius 3 is 2.55 bits per heavy atom. The lowest BCUT2D eigenvalue weighted by Gasteiger charge is -2.35. The van der Waals surface area contributed by atoms with Crippen LogP contribution in [0.5, 0.6) is 0 Å². The molecule has 0 heterocycles. The molecule has 2 nitrogen and oxygen atoms in total. The second-order valence-electron chi connectivity index (χ2n) is 4.43. The predicted octanol–water partition coefficient (Wildman–Crippen LogP) is 1.37. The Hall–Kier alpha value is -0.370. The molecule has 2 atom stereocenters. The van der Waals surface area contributed by atoms with Crippen LogP contribution in [0.25, 0.3) is 0 Å². The third-order valence-electron chi connectivity index (χ3n) is 2.40. The zero-order chi connectivity index (χ0) is 8.65. The van der Waals surface area contributed by atoms with Crippen LogP contribution in [0.15, 0.2) is 0 Å². The van der Waals surface area contributed by atoms with Gasteiger partial charge in [0, 0.05) is 6.42 Å². The summed E-state index contributed by atoms with van der Waals surface area (Å²) in [5.74, 6) is 0.139. The fraction of sp³-hybridized carbons (Fsp3) is 0.889. The highest BCUT2D eigenvalue weighted by Gasteiger charge is 2.36. The number of hydrogen-bond acceptors (Lipinski definition) is 2. The highest BCUT2D eigenvalue weighted by atomic mass is 16.3. The van der Waals surface area contributed by atoms with Gasteiger partial charge in [-0.2, -0.15) is 0 Å². The maximum atomic E-state index is 11.2. The van der Waals surface area contributed by atoms with Crippen molar-refractivity contribution in [1.82, 2.24) is 0 Å². The van der Waals surface area contributed by atoms with E-state index in [4.69, 9.17) is 0 Å².